The maximum atomic E-state index is 12.6. The molecule has 2 amide bonds. The number of likely N-dealkylation sites (N-methyl/N-ethyl adjacent to an activating group) is 1. The molecule has 1 aromatic heterocycles. The zero-order valence-corrected chi connectivity index (χ0v) is 15.0. The fourth-order valence-electron chi connectivity index (χ4n) is 2.68. The van der Waals surface area contributed by atoms with Crippen LogP contribution in [0.5, 0.6) is 5.75 Å². The van der Waals surface area contributed by atoms with Crippen LogP contribution in [0.25, 0.3) is 10.9 Å². The number of carbonyl (C=O) groups excluding carboxylic acids is 2. The standard InChI is InChI=1S/C20H21N3O3/c1-13-4-7-15(8-5-13)21-19(24)12-23(2)20(25)18-10-14-6-9-16(26-3)11-17(14)22-18/h4-11,22H,12H2,1-3H3,(H,21,24). The van der Waals surface area contributed by atoms with Crippen LogP contribution in [-0.4, -0.2) is 42.4 Å². The third-order valence-electron chi connectivity index (χ3n) is 4.12. The summed E-state index contributed by atoms with van der Waals surface area (Å²) >= 11 is 0. The Morgan fingerprint density at radius 3 is 2.54 bits per heavy atom. The highest BCUT2D eigenvalue weighted by Gasteiger charge is 2.17. The number of fused-ring (bicyclic) bond motifs is 1. The van der Waals surface area contributed by atoms with E-state index in [1.807, 2.05) is 49.4 Å². The molecule has 0 radical (unpaired) electrons. The van der Waals surface area contributed by atoms with Gasteiger partial charge in [0.1, 0.15) is 11.4 Å². The number of anilines is 1. The molecule has 0 unspecified atom stereocenters. The van der Waals surface area contributed by atoms with E-state index in [2.05, 4.69) is 10.3 Å². The van der Waals surface area contributed by atoms with Crippen molar-refractivity contribution in [3.05, 3.63) is 59.8 Å². The van der Waals surface area contributed by atoms with E-state index in [0.29, 0.717) is 17.1 Å². The molecule has 26 heavy (non-hydrogen) atoms. The van der Waals surface area contributed by atoms with Crippen LogP contribution in [0.15, 0.2) is 48.5 Å². The van der Waals surface area contributed by atoms with Crippen molar-refractivity contribution in [1.29, 1.82) is 0 Å². The first kappa shape index (κ1) is 17.5. The van der Waals surface area contributed by atoms with E-state index in [-0.39, 0.29) is 18.4 Å². The number of H-pyrrole nitrogens is 1. The lowest BCUT2D eigenvalue weighted by molar-refractivity contribution is -0.116. The van der Waals surface area contributed by atoms with Crippen LogP contribution in [-0.2, 0) is 4.79 Å². The van der Waals surface area contributed by atoms with Gasteiger partial charge in [0, 0.05) is 29.7 Å². The minimum absolute atomic E-state index is 0.0363. The van der Waals surface area contributed by atoms with Gasteiger partial charge in [-0.25, -0.2) is 0 Å². The average Bonchev–Trinajstić information content (AvgIpc) is 3.05. The molecule has 2 N–H and O–H groups in total. The lowest BCUT2D eigenvalue weighted by Crippen LogP contribution is -2.35. The van der Waals surface area contributed by atoms with Crippen molar-refractivity contribution in [2.45, 2.75) is 6.92 Å². The molecule has 0 spiro atoms. The SMILES string of the molecule is COc1ccc2cc(C(=O)N(C)CC(=O)Nc3ccc(C)cc3)[nH]c2c1. The van der Waals surface area contributed by atoms with Gasteiger partial charge in [0.05, 0.1) is 13.7 Å². The fraction of sp³-hybridized carbons (Fsp3) is 0.200. The highest BCUT2D eigenvalue weighted by Crippen LogP contribution is 2.21. The number of ether oxygens (including phenoxy) is 1. The molecule has 0 saturated carbocycles. The second kappa shape index (κ2) is 7.31. The molecular weight excluding hydrogens is 330 g/mol. The summed E-state index contributed by atoms with van der Waals surface area (Å²) in [5.41, 5.74) is 3.06. The number of nitrogens with zero attached hydrogens (tertiary/aromatic N) is 1. The van der Waals surface area contributed by atoms with Crippen molar-refractivity contribution in [2.75, 3.05) is 26.0 Å². The number of aryl methyl sites for hydroxylation is 1. The van der Waals surface area contributed by atoms with Crippen molar-refractivity contribution in [2.24, 2.45) is 0 Å². The van der Waals surface area contributed by atoms with Gasteiger partial charge >= 0.3 is 0 Å². The van der Waals surface area contributed by atoms with Crippen molar-refractivity contribution in [3.8, 4) is 5.75 Å². The number of aromatic nitrogens is 1. The third kappa shape index (κ3) is 3.85. The molecule has 6 nitrogen and oxygen atoms in total. The van der Waals surface area contributed by atoms with Gasteiger partial charge in [-0.3, -0.25) is 9.59 Å². The summed E-state index contributed by atoms with van der Waals surface area (Å²) in [6.45, 7) is 1.94. The minimum atomic E-state index is -0.251. The summed E-state index contributed by atoms with van der Waals surface area (Å²) in [5, 5.41) is 3.70. The predicted molar refractivity (Wildman–Crippen MR) is 102 cm³/mol. The van der Waals surface area contributed by atoms with Crippen molar-refractivity contribution in [3.63, 3.8) is 0 Å². The first-order valence-corrected chi connectivity index (χ1v) is 8.25. The number of hydrogen-bond donors (Lipinski definition) is 2. The van der Waals surface area contributed by atoms with E-state index >= 15 is 0 Å². The molecule has 6 heteroatoms. The third-order valence-corrected chi connectivity index (χ3v) is 4.12. The second-order valence-corrected chi connectivity index (χ2v) is 6.21. The topological polar surface area (TPSA) is 74.4 Å². The lowest BCUT2D eigenvalue weighted by atomic mass is 10.2. The Kier molecular flexibility index (Phi) is 4.93. The lowest BCUT2D eigenvalue weighted by Gasteiger charge is -2.16. The highest BCUT2D eigenvalue weighted by molar-refractivity contribution is 6.01. The zero-order chi connectivity index (χ0) is 18.7. The monoisotopic (exact) mass is 351 g/mol. The van der Waals surface area contributed by atoms with Gasteiger partial charge in [-0.15, -0.1) is 0 Å². The zero-order valence-electron chi connectivity index (χ0n) is 15.0. The number of benzene rings is 2. The number of aromatic amines is 1. The molecular formula is C20H21N3O3. The Balaban J connectivity index is 1.67. The molecule has 134 valence electrons. The van der Waals surface area contributed by atoms with Gasteiger partial charge in [0.25, 0.3) is 5.91 Å². The van der Waals surface area contributed by atoms with E-state index < -0.39 is 0 Å². The van der Waals surface area contributed by atoms with Gasteiger partial charge < -0.3 is 19.9 Å². The number of methoxy groups -OCH3 is 1. The Morgan fingerprint density at radius 1 is 1.12 bits per heavy atom. The number of rotatable bonds is 5. The van der Waals surface area contributed by atoms with Gasteiger partial charge in [-0.05, 0) is 37.3 Å². The van der Waals surface area contributed by atoms with Gasteiger partial charge in [0.15, 0.2) is 0 Å². The molecule has 2 aromatic carbocycles. The van der Waals surface area contributed by atoms with Crippen LogP contribution in [0.3, 0.4) is 0 Å². The minimum Gasteiger partial charge on any atom is -0.497 e. The normalized spacial score (nSPS) is 10.6. The average molecular weight is 351 g/mol. The van der Waals surface area contributed by atoms with Crippen LogP contribution in [0.1, 0.15) is 16.1 Å². The molecule has 3 rings (SSSR count). The van der Waals surface area contributed by atoms with Crippen LogP contribution in [0.2, 0.25) is 0 Å². The van der Waals surface area contributed by atoms with Gasteiger partial charge in [-0.2, -0.15) is 0 Å². The van der Waals surface area contributed by atoms with Crippen molar-refractivity contribution < 1.29 is 14.3 Å². The molecule has 0 aliphatic rings. The Morgan fingerprint density at radius 2 is 1.85 bits per heavy atom. The van der Waals surface area contributed by atoms with E-state index in [0.717, 1.165) is 16.5 Å². The van der Waals surface area contributed by atoms with Crippen LogP contribution in [0.4, 0.5) is 5.69 Å². The Hall–Kier alpha value is -3.28. The van der Waals surface area contributed by atoms with E-state index in [1.165, 1.54) is 4.90 Å². The number of hydrogen-bond acceptors (Lipinski definition) is 3. The predicted octanol–water partition coefficient (Wildman–Crippen LogP) is 3.20. The summed E-state index contributed by atoms with van der Waals surface area (Å²) in [5.74, 6) is 0.214. The van der Waals surface area contributed by atoms with E-state index in [9.17, 15) is 9.59 Å². The van der Waals surface area contributed by atoms with Crippen molar-refractivity contribution >= 4 is 28.4 Å². The molecule has 0 aliphatic carbocycles. The van der Waals surface area contributed by atoms with Crippen LogP contribution < -0.4 is 10.1 Å². The maximum absolute atomic E-state index is 12.6. The summed E-state index contributed by atoms with van der Waals surface area (Å²) in [4.78, 5) is 29.2. The van der Waals surface area contributed by atoms with Crippen LogP contribution in [0, 0.1) is 6.92 Å². The van der Waals surface area contributed by atoms with E-state index in [1.54, 1.807) is 20.2 Å². The maximum Gasteiger partial charge on any atom is 0.270 e. The summed E-state index contributed by atoms with van der Waals surface area (Å²) in [6.07, 6.45) is 0. The second-order valence-electron chi connectivity index (χ2n) is 6.21. The number of carbonyl (C=O) groups is 2. The summed E-state index contributed by atoms with van der Waals surface area (Å²) in [6, 6.07) is 14.8. The molecule has 3 aromatic rings. The molecule has 0 bridgehead atoms. The quantitative estimate of drug-likeness (QED) is 0.741. The van der Waals surface area contributed by atoms with Crippen LogP contribution >= 0.6 is 0 Å². The molecule has 0 atom stereocenters. The van der Waals surface area contributed by atoms with Gasteiger partial charge in [0.2, 0.25) is 5.91 Å². The smallest absolute Gasteiger partial charge is 0.270 e. The first-order chi connectivity index (χ1) is 12.5. The fourth-order valence-corrected chi connectivity index (χ4v) is 2.68. The summed E-state index contributed by atoms with van der Waals surface area (Å²) in [7, 11) is 3.19. The number of amides is 2. The van der Waals surface area contributed by atoms with Gasteiger partial charge in [-0.1, -0.05) is 17.7 Å². The Labute approximate surface area is 151 Å². The molecule has 0 fully saturated rings. The first-order valence-electron chi connectivity index (χ1n) is 8.25. The molecule has 0 aliphatic heterocycles. The number of nitrogens with one attached hydrogen (secondary N) is 2. The highest BCUT2D eigenvalue weighted by atomic mass is 16.5. The van der Waals surface area contributed by atoms with E-state index in [4.69, 9.17) is 4.74 Å². The Bertz CT molecular complexity index is 945. The molecule has 0 saturated heterocycles. The molecule has 1 heterocycles. The summed E-state index contributed by atoms with van der Waals surface area (Å²) < 4.78 is 5.19. The van der Waals surface area contributed by atoms with Crippen molar-refractivity contribution in [1.82, 2.24) is 9.88 Å². The largest absolute Gasteiger partial charge is 0.497 e.